The summed E-state index contributed by atoms with van der Waals surface area (Å²) in [5, 5.41) is 30.3. The van der Waals surface area contributed by atoms with Crippen molar-refractivity contribution in [3.05, 3.63) is 70.8 Å². The van der Waals surface area contributed by atoms with Crippen LogP contribution in [0.25, 0.3) is 0 Å². The summed E-state index contributed by atoms with van der Waals surface area (Å²) in [6, 6.07) is 13.2. The Labute approximate surface area is 509 Å². The molecule has 84 heavy (non-hydrogen) atoms. The van der Waals surface area contributed by atoms with Gasteiger partial charge in [-0.05, 0) is 229 Å². The molecule has 15 atom stereocenters. The van der Waals surface area contributed by atoms with E-state index in [2.05, 4.69) is 80.4 Å². The van der Waals surface area contributed by atoms with Gasteiger partial charge in [-0.2, -0.15) is 0 Å². The number of aliphatic hydroxyl groups excluding tert-OH is 1. The smallest absolute Gasteiger partial charge is 0.303 e. The molecular formula is C72H98N4O6S2. The molecule has 1 saturated heterocycles. The van der Waals surface area contributed by atoms with Crippen LogP contribution in [0.4, 0.5) is 0 Å². The van der Waals surface area contributed by atoms with Gasteiger partial charge in [0.1, 0.15) is 16.1 Å². The summed E-state index contributed by atoms with van der Waals surface area (Å²) in [5.41, 5.74) is 11.4. The number of rotatable bonds is 2. The molecule has 1 amide bonds. The zero-order valence-corrected chi connectivity index (χ0v) is 52.3. The lowest BCUT2D eigenvalue weighted by Gasteiger charge is -2.61. The Morgan fingerprint density at radius 1 is 0.786 bits per heavy atom. The van der Waals surface area contributed by atoms with Crippen molar-refractivity contribution in [1.29, 1.82) is 0 Å². The van der Waals surface area contributed by atoms with Crippen molar-refractivity contribution in [3.63, 3.8) is 0 Å². The van der Waals surface area contributed by atoms with Gasteiger partial charge in [-0.25, -0.2) is 0 Å². The predicted octanol–water partition coefficient (Wildman–Crippen LogP) is 15.0. The van der Waals surface area contributed by atoms with E-state index in [0.717, 1.165) is 80.9 Å². The summed E-state index contributed by atoms with van der Waals surface area (Å²) in [7, 11) is 4.37. The van der Waals surface area contributed by atoms with Gasteiger partial charge in [0.25, 0.3) is 0 Å². The second-order valence-electron chi connectivity index (χ2n) is 31.5. The highest BCUT2D eigenvalue weighted by molar-refractivity contribution is 8.77. The van der Waals surface area contributed by atoms with Crippen LogP contribution in [0, 0.1) is 68.5 Å². The summed E-state index contributed by atoms with van der Waals surface area (Å²) < 4.78 is 14.2. The molecule has 7 heterocycles. The van der Waals surface area contributed by atoms with Crippen molar-refractivity contribution >= 4 is 39.4 Å². The van der Waals surface area contributed by atoms with E-state index in [1.165, 1.54) is 133 Å². The van der Waals surface area contributed by atoms with Gasteiger partial charge in [0, 0.05) is 84.9 Å². The molecule has 454 valence electrons. The second-order valence-corrected chi connectivity index (χ2v) is 34.2. The van der Waals surface area contributed by atoms with Gasteiger partial charge in [0.15, 0.2) is 17.5 Å². The molecule has 12 bridgehead atoms. The number of nitrogens with one attached hydrogen (secondary N) is 1. The number of guanidine groups is 1. The summed E-state index contributed by atoms with van der Waals surface area (Å²) in [6.07, 6.45) is 40.9. The van der Waals surface area contributed by atoms with Crippen LogP contribution in [0.5, 0.6) is 11.5 Å². The number of nitrogens with zero attached hydrogens (tertiary/aromatic N) is 2. The molecule has 11 aliphatic carbocycles. The van der Waals surface area contributed by atoms with Gasteiger partial charge in [0.2, 0.25) is 5.91 Å². The van der Waals surface area contributed by atoms with Gasteiger partial charge in [-0.15, -0.1) is 0 Å². The van der Waals surface area contributed by atoms with E-state index in [0.29, 0.717) is 79.2 Å². The first kappa shape index (κ1) is 55.9. The number of fused-ring (bicyclic) bond motifs is 1. The fourth-order valence-electron chi connectivity index (χ4n) is 25.3. The number of ether oxygens (including phenoxy) is 2. The first-order chi connectivity index (χ1) is 40.8. The van der Waals surface area contributed by atoms with Crippen LogP contribution in [0.1, 0.15) is 240 Å². The number of esters is 1. The van der Waals surface area contributed by atoms with E-state index in [9.17, 15) is 15.0 Å². The van der Waals surface area contributed by atoms with Crippen LogP contribution < -0.4 is 15.8 Å². The average molecular weight is 1180 g/mol. The number of nitrogens with two attached hydrogens (primary N) is 1. The first-order valence-corrected chi connectivity index (χ1v) is 36.9. The van der Waals surface area contributed by atoms with E-state index in [1.54, 1.807) is 6.92 Å². The molecule has 2 aromatic rings. The van der Waals surface area contributed by atoms with Gasteiger partial charge in [0.05, 0.1) is 6.10 Å². The number of carbonyl (C=O) groups is 2. The highest BCUT2D eigenvalue weighted by Gasteiger charge is 2.71. The minimum absolute atomic E-state index is 0.0117. The van der Waals surface area contributed by atoms with Crippen LogP contribution >= 0.6 is 21.6 Å². The number of carbonyl (C=O) groups excluding carboxylic acids is 2. The monoisotopic (exact) mass is 1180 g/mol. The fourth-order valence-corrected chi connectivity index (χ4v) is 29.3. The van der Waals surface area contributed by atoms with E-state index < -0.39 is 17.3 Å². The van der Waals surface area contributed by atoms with Gasteiger partial charge in [-0.3, -0.25) is 14.6 Å². The SMILES string of the molecule is CC(=O)OC12CC(O)C3C(CCC1Cc1cc(c(O)c4c1C1C=CC5(CCCC5C1)O4)CN1CC4(CC1=O)C(CCC4c1ccccc1)CN=C(N)NC1(CCCC14CCCC4)SSCC1CCC3CC13CCC1(CCCC1)C31CCCC1)C2. The predicted molar refractivity (Wildman–Crippen MR) is 334 cm³/mol. The van der Waals surface area contributed by atoms with Gasteiger partial charge >= 0.3 is 5.97 Å². The zero-order valence-electron chi connectivity index (χ0n) is 50.7. The number of hydrogen-bond acceptors (Lipinski definition) is 11. The molecular weight excluding hydrogens is 1080 g/mol. The Kier molecular flexibility index (Phi) is 13.7. The van der Waals surface area contributed by atoms with Crippen molar-refractivity contribution in [2.75, 3.05) is 18.8 Å². The van der Waals surface area contributed by atoms with Crippen molar-refractivity contribution in [1.82, 2.24) is 10.2 Å². The molecule has 2 aromatic carbocycles. The summed E-state index contributed by atoms with van der Waals surface area (Å²) in [5.74, 6) is 4.84. The van der Waals surface area contributed by atoms with E-state index >= 15 is 4.79 Å². The number of amides is 1. The second kappa shape index (κ2) is 20.6. The van der Waals surface area contributed by atoms with Crippen LogP contribution in [0.15, 0.2) is 53.5 Å². The van der Waals surface area contributed by atoms with Crippen molar-refractivity contribution < 1.29 is 29.3 Å². The Hall–Kier alpha value is -3.35. The number of hydrogen-bond donors (Lipinski definition) is 4. The normalized spacial score (nSPS) is 43.1. The third kappa shape index (κ3) is 8.26. The molecule has 10 saturated carbocycles. The maximum Gasteiger partial charge on any atom is 0.303 e. The topological polar surface area (TPSA) is 147 Å². The van der Waals surface area contributed by atoms with Crippen LogP contribution in [-0.2, 0) is 27.3 Å². The third-order valence-electron chi connectivity index (χ3n) is 28.6. The molecule has 0 aromatic heterocycles. The molecule has 18 aliphatic rings. The van der Waals surface area contributed by atoms with Crippen molar-refractivity contribution in [3.8, 4) is 11.5 Å². The fraction of sp³-hybridized carbons (Fsp3) is 0.764. The number of phenolic OH excluding ortho intramolecular Hbond substituents is 1. The van der Waals surface area contributed by atoms with Crippen molar-refractivity contribution in [2.24, 2.45) is 79.2 Å². The molecule has 5 N–H and O–H groups in total. The third-order valence-corrected chi connectivity index (χ3v) is 31.9. The molecule has 11 fully saturated rings. The van der Waals surface area contributed by atoms with Crippen molar-refractivity contribution in [2.45, 2.75) is 253 Å². The minimum atomic E-state index is -0.792. The highest BCUT2D eigenvalue weighted by atomic mass is 33.1. The lowest BCUT2D eigenvalue weighted by molar-refractivity contribution is -0.203. The lowest BCUT2D eigenvalue weighted by atomic mass is 9.44. The Morgan fingerprint density at radius 2 is 1.52 bits per heavy atom. The standard InChI is InChI=1S/C72H98N4O6S2/c1-46(77)81-70-39-50-16-18-54(70)37-51-35-52(62(80)63-61(51)48-22-32-69(82-63)28-11-15-53(69)36-48)43-76-45-67(41-59(76)79)55(20-21-57(67)47-13-3-2-4-14-47)42-74-64(73)75-72(31-12-27-66(72)25-7-8-26-66)84-83-44-56-19-17-49(60(50)58(78)40-70)38-68(56)34-33-65(23-5-6-24-65)71(68)29-9-10-30-71/h2-4,13-14,22,32,35,48-50,53-58,60,78,80H,5-12,15-21,23-31,33-34,36-45H2,1H3,(H3,73,74,75). The van der Waals surface area contributed by atoms with Gasteiger partial charge < -0.3 is 35.6 Å². The van der Waals surface area contributed by atoms with E-state index in [4.69, 9.17) is 20.2 Å². The summed E-state index contributed by atoms with van der Waals surface area (Å²) in [6.45, 7) is 3.06. The number of allylic oxidation sites excluding steroid dienone is 1. The number of aromatic hydroxyl groups is 1. The number of benzene rings is 2. The number of aliphatic hydroxyl groups is 1. The molecule has 12 heteroatoms. The molecule has 15 unspecified atom stereocenters. The summed E-state index contributed by atoms with van der Waals surface area (Å²) >= 11 is 0. The largest absolute Gasteiger partial charge is 0.504 e. The number of phenols is 1. The Morgan fingerprint density at radius 3 is 2.32 bits per heavy atom. The first-order valence-electron chi connectivity index (χ1n) is 34.6. The van der Waals surface area contributed by atoms with Crippen LogP contribution in [-0.4, -0.2) is 74.0 Å². The molecule has 7 spiro atoms. The maximum absolute atomic E-state index is 15.1. The highest BCUT2D eigenvalue weighted by Crippen LogP contribution is 2.80. The average Bonchev–Trinajstić information content (AvgIpc) is 1.81. The van der Waals surface area contributed by atoms with Gasteiger partial charge in [-0.1, -0.05) is 96.5 Å². The quantitative estimate of drug-likeness (QED) is 0.130. The van der Waals surface area contributed by atoms with E-state index in [1.807, 2.05) is 0 Å². The minimum Gasteiger partial charge on any atom is -0.504 e. The lowest BCUT2D eigenvalue weighted by Crippen LogP contribution is -2.59. The van der Waals surface area contributed by atoms with Crippen LogP contribution in [0.2, 0.25) is 0 Å². The number of aliphatic imine (C=N–C) groups is 1. The van der Waals surface area contributed by atoms with Crippen LogP contribution in [0.3, 0.4) is 0 Å². The molecule has 0 radical (unpaired) electrons. The molecule has 7 aliphatic heterocycles. The van der Waals surface area contributed by atoms with E-state index in [-0.39, 0.29) is 74.2 Å². The summed E-state index contributed by atoms with van der Waals surface area (Å²) in [4.78, 5) is 36.2. The molecule has 10 nitrogen and oxygen atoms in total. The zero-order chi connectivity index (χ0) is 56.9. The Bertz CT molecular complexity index is 2960. The molecule has 20 rings (SSSR count). The maximum atomic E-state index is 15.1. The Balaban J connectivity index is 0.817.